The Morgan fingerprint density at radius 2 is 1.90 bits per heavy atom. The summed E-state index contributed by atoms with van der Waals surface area (Å²) in [4.78, 5) is 24.0. The summed E-state index contributed by atoms with van der Waals surface area (Å²) in [5.41, 5.74) is 0. The molecule has 1 heterocycles. The van der Waals surface area contributed by atoms with Gasteiger partial charge in [-0.05, 0) is 42.9 Å². The number of rotatable bonds is 11. The van der Waals surface area contributed by atoms with Gasteiger partial charge in [0.2, 0.25) is 11.0 Å². The second kappa shape index (κ2) is 12.3. The van der Waals surface area contributed by atoms with Crippen molar-refractivity contribution in [2.24, 2.45) is 23.7 Å². The van der Waals surface area contributed by atoms with Gasteiger partial charge in [0, 0.05) is 12.8 Å². The zero-order valence-corrected chi connectivity index (χ0v) is 19.2. The Morgan fingerprint density at radius 3 is 2.55 bits per heavy atom. The van der Waals surface area contributed by atoms with Crippen LogP contribution in [0.25, 0.3) is 0 Å². The highest BCUT2D eigenvalue weighted by Gasteiger charge is 2.28. The molecule has 0 bridgehead atoms. The summed E-state index contributed by atoms with van der Waals surface area (Å²) >= 11 is 1.34. The molecule has 1 aromatic heterocycles. The van der Waals surface area contributed by atoms with Crippen LogP contribution in [-0.2, 0) is 20.7 Å². The number of carbonyl (C=O) groups is 2. The number of methoxy groups -OCH3 is 1. The average Bonchev–Trinajstić information content (AvgIpc) is 3.12. The number of anilines is 1. The second-order valence-corrected chi connectivity index (χ2v) is 10.00. The normalized spacial score (nSPS) is 20.4. The first-order chi connectivity index (χ1) is 13.9. The van der Waals surface area contributed by atoms with E-state index in [1.165, 1.54) is 57.0 Å². The lowest BCUT2D eigenvalue weighted by molar-refractivity contribution is -0.140. The molecule has 1 unspecified atom stereocenters. The highest BCUT2D eigenvalue weighted by molar-refractivity contribution is 7.15. The fourth-order valence-corrected chi connectivity index (χ4v) is 4.93. The molecular formula is C22H37N3O3S. The van der Waals surface area contributed by atoms with Gasteiger partial charge in [0.1, 0.15) is 5.01 Å². The number of ether oxygens (including phenoxy) is 1. The van der Waals surface area contributed by atoms with Gasteiger partial charge in [-0.3, -0.25) is 9.59 Å². The van der Waals surface area contributed by atoms with Crippen LogP contribution in [0.3, 0.4) is 0 Å². The highest BCUT2D eigenvalue weighted by atomic mass is 32.1. The molecule has 1 amide bonds. The van der Waals surface area contributed by atoms with Gasteiger partial charge in [0.05, 0.1) is 13.5 Å². The van der Waals surface area contributed by atoms with Gasteiger partial charge in [0.25, 0.3) is 0 Å². The summed E-state index contributed by atoms with van der Waals surface area (Å²) in [6.45, 7) is 6.86. The summed E-state index contributed by atoms with van der Waals surface area (Å²) in [5, 5.41) is 12.3. The van der Waals surface area contributed by atoms with Gasteiger partial charge in [0.15, 0.2) is 0 Å². The van der Waals surface area contributed by atoms with Crippen molar-refractivity contribution < 1.29 is 14.3 Å². The fourth-order valence-electron chi connectivity index (χ4n) is 4.17. The third-order valence-electron chi connectivity index (χ3n) is 6.02. The second-order valence-electron chi connectivity index (χ2n) is 8.93. The summed E-state index contributed by atoms with van der Waals surface area (Å²) in [6, 6.07) is 0. The zero-order chi connectivity index (χ0) is 21.2. The van der Waals surface area contributed by atoms with E-state index in [2.05, 4.69) is 41.0 Å². The number of amides is 1. The SMILES string of the molecule is COC(=O)CCc1nnc(NC(=O)CC(CCCC(C)C)C2CCC(C)CC2)s1. The molecule has 2 rings (SSSR count). The molecule has 0 aromatic carbocycles. The average molecular weight is 424 g/mol. The number of aryl methyl sites for hydroxylation is 1. The van der Waals surface area contributed by atoms with Crippen molar-refractivity contribution >= 4 is 28.3 Å². The third-order valence-corrected chi connectivity index (χ3v) is 6.91. The van der Waals surface area contributed by atoms with Crippen molar-refractivity contribution in [1.82, 2.24) is 10.2 Å². The minimum Gasteiger partial charge on any atom is -0.469 e. The quantitative estimate of drug-likeness (QED) is 0.492. The van der Waals surface area contributed by atoms with Crippen LogP contribution >= 0.6 is 11.3 Å². The van der Waals surface area contributed by atoms with E-state index >= 15 is 0 Å². The Balaban J connectivity index is 1.87. The van der Waals surface area contributed by atoms with Gasteiger partial charge in [-0.25, -0.2) is 0 Å². The van der Waals surface area contributed by atoms with Crippen molar-refractivity contribution in [3.8, 4) is 0 Å². The van der Waals surface area contributed by atoms with Crippen LogP contribution in [0.2, 0.25) is 0 Å². The van der Waals surface area contributed by atoms with Crippen molar-refractivity contribution in [2.45, 2.75) is 85.0 Å². The number of nitrogens with zero attached hydrogens (tertiary/aromatic N) is 2. The molecule has 1 aliphatic rings. The Morgan fingerprint density at radius 1 is 1.17 bits per heavy atom. The predicted octanol–water partition coefficient (Wildman–Crippen LogP) is 5.24. The molecule has 1 atom stereocenters. The zero-order valence-electron chi connectivity index (χ0n) is 18.4. The first-order valence-corrected chi connectivity index (χ1v) is 11.9. The fraction of sp³-hybridized carbons (Fsp3) is 0.818. The number of aromatic nitrogens is 2. The molecule has 0 aliphatic heterocycles. The predicted molar refractivity (Wildman–Crippen MR) is 117 cm³/mol. The Bertz CT molecular complexity index is 639. The number of esters is 1. The molecule has 7 heteroatoms. The van der Waals surface area contributed by atoms with Crippen molar-refractivity contribution in [1.29, 1.82) is 0 Å². The molecule has 1 saturated carbocycles. The van der Waals surface area contributed by atoms with E-state index in [9.17, 15) is 9.59 Å². The summed E-state index contributed by atoms with van der Waals surface area (Å²) in [5.74, 6) is 2.41. The van der Waals surface area contributed by atoms with Crippen LogP contribution < -0.4 is 5.32 Å². The first kappa shape index (κ1) is 23.8. The maximum absolute atomic E-state index is 12.7. The van der Waals surface area contributed by atoms with Crippen LogP contribution in [0.15, 0.2) is 0 Å². The van der Waals surface area contributed by atoms with E-state index in [1.54, 1.807) is 0 Å². The van der Waals surface area contributed by atoms with Crippen molar-refractivity contribution in [2.75, 3.05) is 12.4 Å². The number of carbonyl (C=O) groups excluding carboxylic acids is 2. The smallest absolute Gasteiger partial charge is 0.305 e. The molecule has 1 aliphatic carbocycles. The lowest BCUT2D eigenvalue weighted by Gasteiger charge is -2.32. The van der Waals surface area contributed by atoms with Crippen LogP contribution in [0.1, 0.15) is 83.6 Å². The third kappa shape index (κ3) is 8.81. The van der Waals surface area contributed by atoms with E-state index < -0.39 is 0 Å². The number of hydrogen-bond acceptors (Lipinski definition) is 6. The standard InChI is InChI=1S/C22H37N3O3S/c1-15(2)6-5-7-18(17-10-8-16(3)9-11-17)14-19(26)23-22-25-24-20(29-22)12-13-21(27)28-4/h15-18H,5-14H2,1-4H3,(H,23,25,26). The van der Waals surface area contributed by atoms with Gasteiger partial charge in [-0.1, -0.05) is 57.8 Å². The van der Waals surface area contributed by atoms with E-state index in [0.29, 0.717) is 35.7 Å². The monoisotopic (exact) mass is 423 g/mol. The van der Waals surface area contributed by atoms with Crippen molar-refractivity contribution in [3.63, 3.8) is 0 Å². The van der Waals surface area contributed by atoms with Gasteiger partial charge < -0.3 is 10.1 Å². The van der Waals surface area contributed by atoms with Gasteiger partial charge in [-0.15, -0.1) is 10.2 Å². The van der Waals surface area contributed by atoms with Crippen LogP contribution in [0, 0.1) is 23.7 Å². The van der Waals surface area contributed by atoms with Crippen LogP contribution in [0.5, 0.6) is 0 Å². The lowest BCUT2D eigenvalue weighted by atomic mass is 9.73. The minimum atomic E-state index is -0.267. The van der Waals surface area contributed by atoms with E-state index in [1.807, 2.05) is 0 Å². The van der Waals surface area contributed by atoms with Crippen LogP contribution in [0.4, 0.5) is 5.13 Å². The molecule has 164 valence electrons. The molecule has 6 nitrogen and oxygen atoms in total. The Kier molecular flexibility index (Phi) is 10.0. The maximum atomic E-state index is 12.7. The molecule has 0 saturated heterocycles. The van der Waals surface area contributed by atoms with Crippen LogP contribution in [-0.4, -0.2) is 29.2 Å². The molecule has 0 radical (unpaired) electrons. The van der Waals surface area contributed by atoms with Gasteiger partial charge >= 0.3 is 5.97 Å². The summed E-state index contributed by atoms with van der Waals surface area (Å²) in [7, 11) is 1.37. The number of nitrogens with one attached hydrogen (secondary N) is 1. The Labute approximate surface area is 179 Å². The molecule has 1 fully saturated rings. The summed E-state index contributed by atoms with van der Waals surface area (Å²) in [6.07, 6.45) is 9.93. The lowest BCUT2D eigenvalue weighted by Crippen LogP contribution is -2.25. The maximum Gasteiger partial charge on any atom is 0.305 e. The van der Waals surface area contributed by atoms with Crippen molar-refractivity contribution in [3.05, 3.63) is 5.01 Å². The topological polar surface area (TPSA) is 81.2 Å². The van der Waals surface area contributed by atoms with E-state index in [4.69, 9.17) is 0 Å². The molecule has 1 N–H and O–H groups in total. The van der Waals surface area contributed by atoms with Gasteiger partial charge in [-0.2, -0.15) is 0 Å². The summed E-state index contributed by atoms with van der Waals surface area (Å²) < 4.78 is 4.65. The number of hydrogen-bond donors (Lipinski definition) is 1. The highest BCUT2D eigenvalue weighted by Crippen LogP contribution is 2.37. The van der Waals surface area contributed by atoms with E-state index in [-0.39, 0.29) is 18.3 Å². The Hall–Kier alpha value is -1.50. The minimum absolute atomic E-state index is 0.0360. The first-order valence-electron chi connectivity index (χ1n) is 11.1. The molecule has 0 spiro atoms. The molecular weight excluding hydrogens is 386 g/mol. The molecule has 1 aromatic rings. The molecule has 29 heavy (non-hydrogen) atoms. The largest absolute Gasteiger partial charge is 0.469 e. The van der Waals surface area contributed by atoms with E-state index in [0.717, 1.165) is 17.3 Å².